The van der Waals surface area contributed by atoms with Crippen LogP contribution < -0.4 is 0 Å². The van der Waals surface area contributed by atoms with Gasteiger partial charge in [-0.05, 0) is 79.7 Å². The molecule has 0 fully saturated rings. The Morgan fingerprint density at radius 3 is 2.11 bits per heavy atom. The smallest absolute Gasteiger partial charge is 0.129 e. The normalized spacial score (nSPS) is 11.6. The van der Waals surface area contributed by atoms with E-state index >= 15 is 0 Å². The zero-order valence-corrected chi connectivity index (χ0v) is 13.4. The molecular formula is C15H12Br2O2. The Bertz CT molecular complexity index is 649. The molecule has 4 heteroatoms. The van der Waals surface area contributed by atoms with Gasteiger partial charge in [-0.2, -0.15) is 0 Å². The summed E-state index contributed by atoms with van der Waals surface area (Å²) < 4.78 is 1.34. The van der Waals surface area contributed by atoms with Gasteiger partial charge in [0.25, 0.3) is 0 Å². The minimum absolute atomic E-state index is 0.224. The van der Waals surface area contributed by atoms with Crippen molar-refractivity contribution in [3.63, 3.8) is 0 Å². The van der Waals surface area contributed by atoms with E-state index in [0.29, 0.717) is 8.95 Å². The molecule has 0 saturated carbocycles. The van der Waals surface area contributed by atoms with Gasteiger partial charge in [0, 0.05) is 0 Å². The summed E-state index contributed by atoms with van der Waals surface area (Å²) >= 11 is 6.60. The van der Waals surface area contributed by atoms with Crippen molar-refractivity contribution in [1.29, 1.82) is 0 Å². The van der Waals surface area contributed by atoms with Crippen molar-refractivity contribution in [2.75, 3.05) is 0 Å². The molecule has 98 valence electrons. The second-order valence-corrected chi connectivity index (χ2v) is 5.91. The summed E-state index contributed by atoms with van der Waals surface area (Å²) in [5, 5.41) is 18.9. The van der Waals surface area contributed by atoms with Crippen LogP contribution in [0, 0.1) is 0 Å². The monoisotopic (exact) mass is 382 g/mol. The highest BCUT2D eigenvalue weighted by atomic mass is 79.9. The summed E-state index contributed by atoms with van der Waals surface area (Å²) in [5.74, 6) is 0.450. The number of aromatic hydroxyl groups is 2. The molecule has 0 aliphatic heterocycles. The third kappa shape index (κ3) is 3.39. The Morgan fingerprint density at radius 1 is 0.947 bits per heavy atom. The average Bonchev–Trinajstić information content (AvgIpc) is 2.37. The number of hydrogen-bond acceptors (Lipinski definition) is 2. The Labute approximate surface area is 128 Å². The maximum absolute atomic E-state index is 9.48. The van der Waals surface area contributed by atoms with Crippen LogP contribution in [0.2, 0.25) is 0 Å². The Hall–Kier alpha value is -1.26. The van der Waals surface area contributed by atoms with Crippen LogP contribution >= 0.6 is 31.9 Å². The van der Waals surface area contributed by atoms with Crippen LogP contribution in [0.15, 0.2) is 45.3 Å². The molecule has 2 aromatic rings. The number of halogens is 2. The number of phenolic OH excluding ortho intramolecular Hbond substituents is 2. The van der Waals surface area contributed by atoms with Crippen LogP contribution in [0.1, 0.15) is 18.1 Å². The molecule has 0 saturated heterocycles. The summed E-state index contributed by atoms with van der Waals surface area (Å²) in [6.45, 7) is 2.00. The van der Waals surface area contributed by atoms with E-state index in [1.807, 2.05) is 37.3 Å². The second-order valence-electron chi connectivity index (χ2n) is 4.20. The first-order valence-corrected chi connectivity index (χ1v) is 7.21. The van der Waals surface area contributed by atoms with Gasteiger partial charge >= 0.3 is 0 Å². The van der Waals surface area contributed by atoms with Gasteiger partial charge in [-0.25, -0.2) is 0 Å². The van der Waals surface area contributed by atoms with Gasteiger partial charge in [0.15, 0.2) is 0 Å². The average molecular weight is 384 g/mol. The van der Waals surface area contributed by atoms with Gasteiger partial charge in [0.2, 0.25) is 0 Å². The maximum Gasteiger partial charge on any atom is 0.129 e. The third-order valence-electron chi connectivity index (χ3n) is 2.76. The van der Waals surface area contributed by atoms with Crippen LogP contribution in [-0.4, -0.2) is 10.2 Å². The molecule has 2 N–H and O–H groups in total. The lowest BCUT2D eigenvalue weighted by molar-refractivity contribution is 0.471. The molecule has 0 aliphatic carbocycles. The number of phenols is 2. The molecule has 0 aromatic heterocycles. The molecule has 0 aliphatic rings. The quantitative estimate of drug-likeness (QED) is 0.701. The molecular weight excluding hydrogens is 372 g/mol. The third-order valence-corrected chi connectivity index (χ3v) is 4.03. The van der Waals surface area contributed by atoms with Crippen molar-refractivity contribution in [1.82, 2.24) is 0 Å². The van der Waals surface area contributed by atoms with Crippen molar-refractivity contribution in [2.45, 2.75) is 6.92 Å². The molecule has 0 radical (unpaired) electrons. The molecule has 0 bridgehead atoms. The van der Waals surface area contributed by atoms with E-state index in [1.165, 1.54) is 0 Å². The number of rotatable bonds is 2. The second kappa shape index (κ2) is 5.80. The van der Waals surface area contributed by atoms with E-state index in [1.54, 1.807) is 12.1 Å². The first-order valence-electron chi connectivity index (χ1n) is 5.63. The largest absolute Gasteiger partial charge is 0.507 e. The van der Waals surface area contributed by atoms with Crippen molar-refractivity contribution in [2.24, 2.45) is 0 Å². The van der Waals surface area contributed by atoms with Crippen molar-refractivity contribution in [3.8, 4) is 11.5 Å². The van der Waals surface area contributed by atoms with Crippen LogP contribution in [0.4, 0.5) is 0 Å². The molecule has 2 aromatic carbocycles. The summed E-state index contributed by atoms with van der Waals surface area (Å²) in [6.07, 6.45) is 2.02. The summed E-state index contributed by atoms with van der Waals surface area (Å²) in [5.41, 5.74) is 3.08. The lowest BCUT2D eigenvalue weighted by Gasteiger charge is -2.05. The lowest BCUT2D eigenvalue weighted by atomic mass is 10.0. The molecule has 0 spiro atoms. The highest BCUT2D eigenvalue weighted by Gasteiger charge is 2.03. The predicted octanol–water partition coefficient (Wildman–Crippen LogP) is 5.18. The van der Waals surface area contributed by atoms with Gasteiger partial charge in [0.1, 0.15) is 11.5 Å². The summed E-state index contributed by atoms with van der Waals surface area (Å²) in [4.78, 5) is 0. The van der Waals surface area contributed by atoms with Crippen molar-refractivity contribution < 1.29 is 10.2 Å². The standard InChI is InChI=1S/C15H12Br2O2/c1-9(11-3-5-15(19)13(17)8-11)6-10-2-4-14(18)12(16)7-10/h2-8,18-19H,1H3/b9-6+. The van der Waals surface area contributed by atoms with E-state index in [0.717, 1.165) is 16.7 Å². The van der Waals surface area contributed by atoms with E-state index in [-0.39, 0.29) is 11.5 Å². The Kier molecular flexibility index (Phi) is 4.32. The predicted molar refractivity (Wildman–Crippen MR) is 85.2 cm³/mol. The van der Waals surface area contributed by atoms with Crippen LogP contribution in [0.3, 0.4) is 0 Å². The summed E-state index contributed by atoms with van der Waals surface area (Å²) in [6, 6.07) is 10.7. The summed E-state index contributed by atoms with van der Waals surface area (Å²) in [7, 11) is 0. The van der Waals surface area contributed by atoms with Gasteiger partial charge in [-0.3, -0.25) is 0 Å². The highest BCUT2D eigenvalue weighted by Crippen LogP contribution is 2.29. The molecule has 0 atom stereocenters. The Morgan fingerprint density at radius 2 is 1.53 bits per heavy atom. The van der Waals surface area contributed by atoms with Crippen LogP contribution in [-0.2, 0) is 0 Å². The van der Waals surface area contributed by atoms with Gasteiger partial charge in [-0.1, -0.05) is 18.2 Å². The molecule has 0 unspecified atom stereocenters. The highest BCUT2D eigenvalue weighted by molar-refractivity contribution is 9.10. The van der Waals surface area contributed by atoms with Gasteiger partial charge in [-0.15, -0.1) is 0 Å². The lowest BCUT2D eigenvalue weighted by Crippen LogP contribution is -1.81. The molecule has 0 heterocycles. The van der Waals surface area contributed by atoms with Crippen LogP contribution in [0.25, 0.3) is 11.6 Å². The zero-order valence-electron chi connectivity index (χ0n) is 10.2. The topological polar surface area (TPSA) is 40.5 Å². The zero-order chi connectivity index (χ0) is 14.0. The molecule has 19 heavy (non-hydrogen) atoms. The molecule has 2 nitrogen and oxygen atoms in total. The number of allylic oxidation sites excluding steroid dienone is 1. The van der Waals surface area contributed by atoms with E-state index in [2.05, 4.69) is 31.9 Å². The minimum Gasteiger partial charge on any atom is -0.507 e. The Balaban J connectivity index is 2.36. The first-order chi connectivity index (χ1) is 8.97. The fraction of sp³-hybridized carbons (Fsp3) is 0.0667. The molecule has 2 rings (SSSR count). The fourth-order valence-corrected chi connectivity index (χ4v) is 2.47. The van der Waals surface area contributed by atoms with E-state index in [4.69, 9.17) is 0 Å². The minimum atomic E-state index is 0.224. The van der Waals surface area contributed by atoms with Crippen molar-refractivity contribution in [3.05, 3.63) is 56.5 Å². The van der Waals surface area contributed by atoms with Gasteiger partial charge < -0.3 is 10.2 Å². The first kappa shape index (κ1) is 14.2. The SMILES string of the molecule is C/C(=C\c1ccc(O)c(Br)c1)c1ccc(O)c(Br)c1. The van der Waals surface area contributed by atoms with Gasteiger partial charge in [0.05, 0.1) is 8.95 Å². The maximum atomic E-state index is 9.48. The van der Waals surface area contributed by atoms with E-state index < -0.39 is 0 Å². The number of hydrogen-bond donors (Lipinski definition) is 2. The number of benzene rings is 2. The molecule has 0 amide bonds. The van der Waals surface area contributed by atoms with Crippen LogP contribution in [0.5, 0.6) is 11.5 Å². The fourth-order valence-electron chi connectivity index (χ4n) is 1.70. The van der Waals surface area contributed by atoms with E-state index in [9.17, 15) is 10.2 Å². The van der Waals surface area contributed by atoms with Crippen molar-refractivity contribution >= 4 is 43.5 Å².